The van der Waals surface area contributed by atoms with Gasteiger partial charge in [0.1, 0.15) is 6.54 Å². The Labute approximate surface area is 195 Å². The second-order valence-corrected chi connectivity index (χ2v) is 9.19. The van der Waals surface area contributed by atoms with Crippen molar-refractivity contribution in [3.63, 3.8) is 0 Å². The molecule has 0 bridgehead atoms. The molecule has 1 amide bonds. The number of para-hydroxylation sites is 1. The topological polar surface area (TPSA) is 59.0 Å². The van der Waals surface area contributed by atoms with Crippen molar-refractivity contribution in [1.29, 1.82) is 0 Å². The van der Waals surface area contributed by atoms with E-state index in [0.29, 0.717) is 13.1 Å². The van der Waals surface area contributed by atoms with Crippen LogP contribution in [0.5, 0.6) is 0 Å². The van der Waals surface area contributed by atoms with Gasteiger partial charge < -0.3 is 15.2 Å². The molecule has 33 heavy (non-hydrogen) atoms. The number of carbonyl (C=O) groups excluding carboxylic acids is 1. The van der Waals surface area contributed by atoms with E-state index in [4.69, 9.17) is 0 Å². The zero-order chi connectivity index (χ0) is 22.5. The van der Waals surface area contributed by atoms with E-state index < -0.39 is 0 Å². The molecule has 1 saturated carbocycles. The Morgan fingerprint density at radius 1 is 0.939 bits per heavy atom. The van der Waals surface area contributed by atoms with Crippen molar-refractivity contribution in [2.45, 2.75) is 38.6 Å². The van der Waals surface area contributed by atoms with Crippen molar-refractivity contribution in [1.82, 2.24) is 20.2 Å². The molecule has 4 aromatic rings. The fourth-order valence-corrected chi connectivity index (χ4v) is 4.93. The molecule has 0 atom stereocenters. The van der Waals surface area contributed by atoms with Crippen molar-refractivity contribution in [3.05, 3.63) is 67.0 Å². The number of pyridine rings is 1. The zero-order valence-electron chi connectivity index (χ0n) is 19.1. The minimum Gasteiger partial charge on any atom is -0.353 e. The molecule has 0 saturated heterocycles. The van der Waals surface area contributed by atoms with Crippen LogP contribution in [-0.4, -0.2) is 35.1 Å². The van der Waals surface area contributed by atoms with Crippen LogP contribution in [0.3, 0.4) is 0 Å². The molecule has 5 rings (SSSR count). The molecule has 0 spiro atoms. The molecule has 2 heterocycles. The second-order valence-electron chi connectivity index (χ2n) is 9.19. The van der Waals surface area contributed by atoms with Gasteiger partial charge in [-0.15, -0.1) is 0 Å². The second kappa shape index (κ2) is 10.2. The van der Waals surface area contributed by atoms with Crippen LogP contribution in [0, 0.1) is 5.92 Å². The number of nitrogens with one attached hydrogen (secondary N) is 2. The summed E-state index contributed by atoms with van der Waals surface area (Å²) >= 11 is 0. The molecular formula is C28H32N4O. The summed E-state index contributed by atoms with van der Waals surface area (Å²) in [6, 6.07) is 18.8. The van der Waals surface area contributed by atoms with E-state index in [1.807, 2.05) is 35.2 Å². The van der Waals surface area contributed by atoms with Gasteiger partial charge in [-0.05, 0) is 60.5 Å². The molecule has 1 aliphatic carbocycles. The normalized spacial score (nSPS) is 14.7. The first-order chi connectivity index (χ1) is 16.3. The molecule has 0 aliphatic heterocycles. The first-order valence-corrected chi connectivity index (χ1v) is 12.2. The van der Waals surface area contributed by atoms with Gasteiger partial charge in [0.2, 0.25) is 5.91 Å². The molecule has 2 N–H and O–H groups in total. The SMILES string of the molecule is O=C(Cn1ccc2ccc(-c3cnc4ccccc4c3)cc21)NCCNCC1CCCCC1. The monoisotopic (exact) mass is 440 g/mol. The number of rotatable bonds is 8. The zero-order valence-corrected chi connectivity index (χ0v) is 19.1. The summed E-state index contributed by atoms with van der Waals surface area (Å²) in [5.74, 6) is 0.859. The van der Waals surface area contributed by atoms with Crippen molar-refractivity contribution < 1.29 is 4.79 Å². The summed E-state index contributed by atoms with van der Waals surface area (Å²) in [5, 5.41) is 8.83. The van der Waals surface area contributed by atoms with Gasteiger partial charge in [0.05, 0.1) is 5.52 Å². The summed E-state index contributed by atoms with van der Waals surface area (Å²) in [7, 11) is 0. The van der Waals surface area contributed by atoms with Gasteiger partial charge in [-0.3, -0.25) is 9.78 Å². The number of hydrogen-bond acceptors (Lipinski definition) is 3. The quantitative estimate of drug-likeness (QED) is 0.373. The van der Waals surface area contributed by atoms with Gasteiger partial charge in [0.25, 0.3) is 0 Å². The number of hydrogen-bond donors (Lipinski definition) is 2. The fourth-order valence-electron chi connectivity index (χ4n) is 4.93. The highest BCUT2D eigenvalue weighted by Crippen LogP contribution is 2.27. The van der Waals surface area contributed by atoms with E-state index in [9.17, 15) is 4.79 Å². The number of aromatic nitrogens is 2. The molecule has 5 heteroatoms. The van der Waals surface area contributed by atoms with E-state index in [1.54, 1.807) is 0 Å². The van der Waals surface area contributed by atoms with Crippen LogP contribution in [0.4, 0.5) is 0 Å². The smallest absolute Gasteiger partial charge is 0.239 e. The van der Waals surface area contributed by atoms with Gasteiger partial charge in [0, 0.05) is 41.9 Å². The van der Waals surface area contributed by atoms with Crippen molar-refractivity contribution in [2.24, 2.45) is 5.92 Å². The van der Waals surface area contributed by atoms with Gasteiger partial charge >= 0.3 is 0 Å². The lowest BCUT2D eigenvalue weighted by atomic mass is 9.89. The first kappa shape index (κ1) is 21.7. The lowest BCUT2D eigenvalue weighted by molar-refractivity contribution is -0.121. The van der Waals surface area contributed by atoms with Crippen molar-refractivity contribution in [3.8, 4) is 11.1 Å². The summed E-state index contributed by atoms with van der Waals surface area (Å²) in [4.78, 5) is 17.1. The van der Waals surface area contributed by atoms with E-state index in [-0.39, 0.29) is 5.91 Å². The van der Waals surface area contributed by atoms with Crippen molar-refractivity contribution >= 4 is 27.7 Å². The average Bonchev–Trinajstić information content (AvgIpc) is 3.26. The van der Waals surface area contributed by atoms with Crippen LogP contribution >= 0.6 is 0 Å². The number of benzene rings is 2. The maximum Gasteiger partial charge on any atom is 0.239 e. The highest BCUT2D eigenvalue weighted by atomic mass is 16.1. The predicted octanol–water partition coefficient (Wildman–Crippen LogP) is 5.14. The Bertz CT molecular complexity index is 1240. The fraction of sp³-hybridized carbons (Fsp3) is 0.357. The molecule has 0 unspecified atom stereocenters. The van der Waals surface area contributed by atoms with Gasteiger partial charge in [0.15, 0.2) is 0 Å². The number of nitrogens with zero attached hydrogens (tertiary/aromatic N) is 2. The standard InChI is InChI=1S/C28H32N4O/c33-28(30-14-13-29-18-21-6-2-1-3-7-21)20-32-15-12-22-10-11-23(17-27(22)32)25-16-24-8-4-5-9-26(24)31-19-25/h4-5,8-12,15-17,19,21,29H,1-3,6-7,13-14,18,20H2,(H,30,33). The first-order valence-electron chi connectivity index (χ1n) is 12.2. The van der Waals surface area contributed by atoms with Gasteiger partial charge in [-0.1, -0.05) is 49.6 Å². The maximum absolute atomic E-state index is 12.6. The molecule has 170 valence electrons. The third kappa shape index (κ3) is 5.25. The van der Waals surface area contributed by atoms with E-state index in [1.165, 1.54) is 32.1 Å². The van der Waals surface area contributed by atoms with Crippen LogP contribution in [0.25, 0.3) is 32.9 Å². The molecule has 2 aromatic carbocycles. The predicted molar refractivity (Wildman–Crippen MR) is 135 cm³/mol. The average molecular weight is 441 g/mol. The summed E-state index contributed by atoms with van der Waals surface area (Å²) < 4.78 is 2.03. The van der Waals surface area contributed by atoms with Crippen LogP contribution < -0.4 is 10.6 Å². The number of amides is 1. The Hall–Kier alpha value is -3.18. The van der Waals surface area contributed by atoms with E-state index in [2.05, 4.69) is 52.0 Å². The largest absolute Gasteiger partial charge is 0.353 e. The minimum atomic E-state index is 0.0461. The van der Waals surface area contributed by atoms with Gasteiger partial charge in [-0.2, -0.15) is 0 Å². The Morgan fingerprint density at radius 3 is 2.73 bits per heavy atom. The van der Waals surface area contributed by atoms with Crippen molar-refractivity contribution in [2.75, 3.05) is 19.6 Å². The summed E-state index contributed by atoms with van der Waals surface area (Å²) in [6.45, 7) is 2.89. The van der Waals surface area contributed by atoms with Crippen LogP contribution in [0.2, 0.25) is 0 Å². The summed E-state index contributed by atoms with van der Waals surface area (Å²) in [6.07, 6.45) is 10.7. The Morgan fingerprint density at radius 2 is 1.82 bits per heavy atom. The highest BCUT2D eigenvalue weighted by molar-refractivity contribution is 5.89. The number of fused-ring (bicyclic) bond motifs is 2. The number of carbonyl (C=O) groups is 1. The third-order valence-corrected chi connectivity index (χ3v) is 6.79. The molecule has 2 aromatic heterocycles. The van der Waals surface area contributed by atoms with Crippen LogP contribution in [-0.2, 0) is 11.3 Å². The maximum atomic E-state index is 12.6. The van der Waals surface area contributed by atoms with Crippen LogP contribution in [0.15, 0.2) is 67.0 Å². The Balaban J connectivity index is 1.20. The van der Waals surface area contributed by atoms with E-state index >= 15 is 0 Å². The molecule has 5 nitrogen and oxygen atoms in total. The van der Waals surface area contributed by atoms with E-state index in [0.717, 1.165) is 51.9 Å². The lowest BCUT2D eigenvalue weighted by Crippen LogP contribution is -2.35. The van der Waals surface area contributed by atoms with Crippen LogP contribution in [0.1, 0.15) is 32.1 Å². The molecular weight excluding hydrogens is 408 g/mol. The third-order valence-electron chi connectivity index (χ3n) is 6.79. The summed E-state index contributed by atoms with van der Waals surface area (Å²) in [5.41, 5.74) is 4.24. The highest BCUT2D eigenvalue weighted by Gasteiger charge is 2.12. The minimum absolute atomic E-state index is 0.0461. The molecule has 1 fully saturated rings. The van der Waals surface area contributed by atoms with Gasteiger partial charge in [-0.25, -0.2) is 0 Å². The Kier molecular flexibility index (Phi) is 6.68. The molecule has 1 aliphatic rings. The molecule has 0 radical (unpaired) electrons. The lowest BCUT2D eigenvalue weighted by Gasteiger charge is -2.21.